The molecule has 0 aliphatic carbocycles. The molecule has 1 heterocycles. The van der Waals surface area contributed by atoms with Crippen molar-refractivity contribution in [3.63, 3.8) is 0 Å². The molecule has 2 N–H and O–H groups in total. The highest BCUT2D eigenvalue weighted by molar-refractivity contribution is 7.82. The minimum absolute atomic E-state index is 0.0412. The van der Waals surface area contributed by atoms with Crippen molar-refractivity contribution in [2.45, 2.75) is 19.6 Å². The summed E-state index contributed by atoms with van der Waals surface area (Å²) < 4.78 is 5.16. The molecule has 0 bridgehead atoms. The Hall–Kier alpha value is -0.520. The molecule has 0 amide bonds. The molecule has 4 nitrogen and oxygen atoms in total. The zero-order valence-electron chi connectivity index (χ0n) is 6.92. The molecule has 1 aliphatic heterocycles. The van der Waals surface area contributed by atoms with E-state index in [4.69, 9.17) is 17.0 Å². The normalized spacial score (nSPS) is 22.2. The minimum atomic E-state index is -0.145. The molecule has 1 rings (SSSR count). The number of Topliss-reactive ketones (excluding diaryl/α,β-unsaturated/α-hetero) is 1. The largest absolute Gasteiger partial charge is 0.347 e. The third-order valence-electron chi connectivity index (χ3n) is 1.58. The Balaban J connectivity index is 2.29. The number of hydrogen-bond acceptors (Lipinski definition) is 4. The maximum atomic E-state index is 11.0. The fourth-order valence-corrected chi connectivity index (χ4v) is 1.16. The van der Waals surface area contributed by atoms with Crippen molar-refractivity contribution in [2.24, 2.45) is 0 Å². The van der Waals surface area contributed by atoms with Gasteiger partial charge in [-0.25, -0.2) is 0 Å². The molecule has 0 aromatic rings. The maximum Gasteiger partial charge on any atom is 0.189 e. The van der Waals surface area contributed by atoms with Gasteiger partial charge in [0.1, 0.15) is 11.2 Å². The average molecular weight is 188 g/mol. The molecule has 5 heteroatoms. The van der Waals surface area contributed by atoms with Gasteiger partial charge in [0.2, 0.25) is 0 Å². The van der Waals surface area contributed by atoms with Gasteiger partial charge in [0.25, 0.3) is 0 Å². The van der Waals surface area contributed by atoms with Crippen molar-refractivity contribution in [3.8, 4) is 0 Å². The molecule has 12 heavy (non-hydrogen) atoms. The summed E-state index contributed by atoms with van der Waals surface area (Å²) in [6.45, 7) is 2.99. The molecule has 68 valence electrons. The van der Waals surface area contributed by atoms with Crippen LogP contribution < -0.4 is 10.6 Å². The lowest BCUT2D eigenvalue weighted by molar-refractivity contribution is -0.112. The summed E-state index contributed by atoms with van der Waals surface area (Å²) in [6, 6.07) is 0. The Morgan fingerprint density at radius 2 is 2.58 bits per heavy atom. The molecule has 1 unspecified atom stereocenters. The number of carbonyl (C=O) groups is 1. The fourth-order valence-electron chi connectivity index (χ4n) is 0.888. The standard InChI is InChI=1S/C7H12N2O2S/c1-2-5(10)7(12)9-6-3-8-4-11-6/h6,8H,2-4H2,1H3,(H,9,12). The first-order chi connectivity index (χ1) is 5.74. The van der Waals surface area contributed by atoms with Gasteiger partial charge in [0, 0.05) is 13.0 Å². The smallest absolute Gasteiger partial charge is 0.189 e. The van der Waals surface area contributed by atoms with Crippen LogP contribution in [0.15, 0.2) is 0 Å². The van der Waals surface area contributed by atoms with E-state index in [0.717, 1.165) is 0 Å². The second-order valence-corrected chi connectivity index (χ2v) is 2.91. The molecule has 0 aromatic heterocycles. The molecule has 1 saturated heterocycles. The summed E-state index contributed by atoms with van der Waals surface area (Å²) in [6.07, 6.45) is 0.291. The van der Waals surface area contributed by atoms with Crippen LogP contribution in [-0.2, 0) is 9.53 Å². The maximum absolute atomic E-state index is 11.0. The summed E-state index contributed by atoms with van der Waals surface area (Å²) in [5, 5.41) is 5.81. The second kappa shape index (κ2) is 4.49. The number of ether oxygens (including phenoxy) is 1. The van der Waals surface area contributed by atoms with Crippen molar-refractivity contribution < 1.29 is 9.53 Å². The van der Waals surface area contributed by atoms with Gasteiger partial charge in [-0.15, -0.1) is 0 Å². The van der Waals surface area contributed by atoms with Crippen molar-refractivity contribution >= 4 is 23.0 Å². The van der Waals surface area contributed by atoms with Gasteiger partial charge in [-0.1, -0.05) is 19.1 Å². The van der Waals surface area contributed by atoms with Crippen LogP contribution in [0, 0.1) is 0 Å². The van der Waals surface area contributed by atoms with E-state index >= 15 is 0 Å². The third-order valence-corrected chi connectivity index (χ3v) is 1.93. The topological polar surface area (TPSA) is 50.4 Å². The van der Waals surface area contributed by atoms with Crippen LogP contribution in [0.5, 0.6) is 0 Å². The summed E-state index contributed by atoms with van der Waals surface area (Å²) in [5.41, 5.74) is 0. The lowest BCUT2D eigenvalue weighted by Crippen LogP contribution is -2.39. The molecule has 1 aliphatic rings. The Bertz CT molecular complexity index is 190. The van der Waals surface area contributed by atoms with Crippen LogP contribution in [0.4, 0.5) is 0 Å². The lowest BCUT2D eigenvalue weighted by Gasteiger charge is -2.11. The highest BCUT2D eigenvalue weighted by Gasteiger charge is 2.17. The van der Waals surface area contributed by atoms with Gasteiger partial charge in [-0.05, 0) is 0 Å². The minimum Gasteiger partial charge on any atom is -0.347 e. The fraction of sp³-hybridized carbons (Fsp3) is 0.714. The summed E-state index contributed by atoms with van der Waals surface area (Å²) in [7, 11) is 0. The van der Waals surface area contributed by atoms with Crippen LogP contribution >= 0.6 is 12.2 Å². The summed E-state index contributed by atoms with van der Waals surface area (Å²) in [5.74, 6) is -0.0412. The number of thiocarbonyl (C=S) groups is 1. The number of carbonyl (C=O) groups excluding carboxylic acids is 1. The van der Waals surface area contributed by atoms with E-state index in [1.54, 1.807) is 6.92 Å². The summed E-state index contributed by atoms with van der Waals surface area (Å²) >= 11 is 4.84. The molecular weight excluding hydrogens is 176 g/mol. The van der Waals surface area contributed by atoms with E-state index in [-0.39, 0.29) is 17.0 Å². The van der Waals surface area contributed by atoms with Crippen LogP contribution in [0.2, 0.25) is 0 Å². The zero-order valence-corrected chi connectivity index (χ0v) is 7.74. The van der Waals surface area contributed by atoms with E-state index in [2.05, 4.69) is 10.6 Å². The quantitative estimate of drug-likeness (QED) is 0.600. The van der Waals surface area contributed by atoms with E-state index in [9.17, 15) is 4.79 Å². The molecule has 0 aromatic carbocycles. The molecule has 0 spiro atoms. The predicted molar refractivity (Wildman–Crippen MR) is 48.8 cm³/mol. The van der Waals surface area contributed by atoms with Crippen LogP contribution in [0.3, 0.4) is 0 Å². The van der Waals surface area contributed by atoms with Gasteiger partial charge in [-0.2, -0.15) is 0 Å². The Morgan fingerprint density at radius 3 is 3.08 bits per heavy atom. The Kier molecular flexibility index (Phi) is 3.58. The monoisotopic (exact) mass is 188 g/mol. The first-order valence-corrected chi connectivity index (χ1v) is 4.31. The van der Waals surface area contributed by atoms with Crippen molar-refractivity contribution in [3.05, 3.63) is 0 Å². The highest BCUT2D eigenvalue weighted by Crippen LogP contribution is 1.94. The van der Waals surface area contributed by atoms with Crippen molar-refractivity contribution in [2.75, 3.05) is 13.3 Å². The second-order valence-electron chi connectivity index (χ2n) is 2.50. The van der Waals surface area contributed by atoms with Gasteiger partial charge in [0.15, 0.2) is 5.78 Å². The number of rotatable bonds is 3. The number of nitrogens with one attached hydrogen (secondary N) is 2. The zero-order chi connectivity index (χ0) is 8.97. The number of hydrogen-bond donors (Lipinski definition) is 2. The highest BCUT2D eigenvalue weighted by atomic mass is 32.1. The van der Waals surface area contributed by atoms with E-state index in [1.165, 1.54) is 0 Å². The predicted octanol–water partition coefficient (Wildman–Crippen LogP) is -0.214. The van der Waals surface area contributed by atoms with Crippen LogP contribution in [-0.4, -0.2) is 30.3 Å². The SMILES string of the molecule is CCC(=O)C(=S)NC1CNCO1. The van der Waals surface area contributed by atoms with Gasteiger partial charge >= 0.3 is 0 Å². The van der Waals surface area contributed by atoms with Crippen LogP contribution in [0.25, 0.3) is 0 Å². The molecule has 1 fully saturated rings. The first kappa shape index (κ1) is 9.57. The Morgan fingerprint density at radius 1 is 1.83 bits per heavy atom. The van der Waals surface area contributed by atoms with E-state index in [0.29, 0.717) is 19.7 Å². The number of ketones is 1. The van der Waals surface area contributed by atoms with Crippen molar-refractivity contribution in [1.82, 2.24) is 10.6 Å². The van der Waals surface area contributed by atoms with Crippen molar-refractivity contribution in [1.29, 1.82) is 0 Å². The average Bonchev–Trinajstić information content (AvgIpc) is 2.55. The summed E-state index contributed by atoms with van der Waals surface area (Å²) in [4.78, 5) is 11.3. The Labute approximate surface area is 76.7 Å². The van der Waals surface area contributed by atoms with Gasteiger partial charge in [0.05, 0.1) is 6.73 Å². The molecular formula is C7H12N2O2S. The molecule has 0 saturated carbocycles. The molecule has 1 atom stereocenters. The van der Waals surface area contributed by atoms with Gasteiger partial charge < -0.3 is 10.1 Å². The third kappa shape index (κ3) is 2.51. The molecule has 0 radical (unpaired) electrons. The van der Waals surface area contributed by atoms with E-state index < -0.39 is 0 Å². The van der Waals surface area contributed by atoms with Gasteiger partial charge in [-0.3, -0.25) is 10.1 Å². The van der Waals surface area contributed by atoms with Crippen LogP contribution in [0.1, 0.15) is 13.3 Å². The van der Waals surface area contributed by atoms with E-state index in [1.807, 2.05) is 0 Å². The first-order valence-electron chi connectivity index (χ1n) is 3.90. The lowest BCUT2D eigenvalue weighted by atomic mass is 10.3.